The highest BCUT2D eigenvalue weighted by molar-refractivity contribution is 6.06. The Kier molecular flexibility index (Phi) is 4.56. The molecule has 2 atom stereocenters. The third-order valence-corrected chi connectivity index (χ3v) is 5.44. The number of ether oxygens (including phenoxy) is 1. The minimum atomic E-state index is 0.0384. The maximum absolute atomic E-state index is 11.7. The Labute approximate surface area is 160 Å². The summed E-state index contributed by atoms with van der Waals surface area (Å²) in [5.74, 6) is 1.18. The second kappa shape index (κ2) is 7.03. The third kappa shape index (κ3) is 3.16. The molecule has 138 valence electrons. The van der Waals surface area contributed by atoms with Crippen molar-refractivity contribution in [3.63, 3.8) is 0 Å². The number of carbonyl (C=O) groups is 1. The first-order chi connectivity index (χ1) is 13.1. The molecule has 0 fully saturated rings. The van der Waals surface area contributed by atoms with Crippen LogP contribution >= 0.6 is 0 Å². The van der Waals surface area contributed by atoms with Gasteiger partial charge in [0.15, 0.2) is 5.78 Å². The van der Waals surface area contributed by atoms with E-state index in [1.165, 1.54) is 16.7 Å². The first-order valence-electron chi connectivity index (χ1n) is 9.37. The van der Waals surface area contributed by atoms with E-state index in [1.807, 2.05) is 24.1 Å². The molecule has 0 aromatic heterocycles. The molecular formula is C23H24N2O2. The van der Waals surface area contributed by atoms with E-state index in [4.69, 9.17) is 9.84 Å². The molecule has 0 bridgehead atoms. The zero-order valence-electron chi connectivity index (χ0n) is 16.0. The number of nitrogens with zero attached hydrogens (tertiary/aromatic N) is 2. The van der Waals surface area contributed by atoms with Crippen LogP contribution in [0.1, 0.15) is 43.0 Å². The number of hydrogen-bond acceptors (Lipinski definition) is 4. The summed E-state index contributed by atoms with van der Waals surface area (Å²) in [6.07, 6.45) is 3.74. The van der Waals surface area contributed by atoms with Crippen LogP contribution in [-0.2, 0) is 11.2 Å². The zero-order chi connectivity index (χ0) is 19.0. The number of hydrogen-bond donors (Lipinski definition) is 0. The van der Waals surface area contributed by atoms with Crippen LogP contribution in [0.2, 0.25) is 0 Å². The molecule has 0 spiro atoms. The van der Waals surface area contributed by atoms with Gasteiger partial charge in [-0.25, -0.2) is 0 Å². The highest BCUT2D eigenvalue weighted by atomic mass is 16.5. The Hall–Kier alpha value is -2.88. The smallest absolute Gasteiger partial charge is 0.154 e. The van der Waals surface area contributed by atoms with Gasteiger partial charge < -0.3 is 4.74 Å². The van der Waals surface area contributed by atoms with Gasteiger partial charge in [0.05, 0.1) is 18.9 Å². The van der Waals surface area contributed by atoms with Crippen molar-refractivity contribution in [2.75, 3.05) is 7.11 Å². The molecule has 4 nitrogen and oxygen atoms in total. The van der Waals surface area contributed by atoms with Crippen LogP contribution in [0.4, 0.5) is 0 Å². The van der Waals surface area contributed by atoms with Crippen LogP contribution in [0, 0.1) is 5.92 Å². The lowest BCUT2D eigenvalue weighted by Gasteiger charge is -2.31. The van der Waals surface area contributed by atoms with Crippen LogP contribution in [0.5, 0.6) is 5.75 Å². The van der Waals surface area contributed by atoms with E-state index in [1.54, 1.807) is 20.1 Å². The molecule has 0 saturated carbocycles. The predicted octanol–water partition coefficient (Wildman–Crippen LogP) is 4.51. The van der Waals surface area contributed by atoms with Crippen LogP contribution in [0.15, 0.2) is 65.4 Å². The fraction of sp³-hybridized carbons (Fsp3) is 0.304. The SMILES string of the molecule is COc1ccc2c(c1)C1=NN(/C(C)=C/C(C)=O)[C@@H](c3ccccc3)[C@@H]1CC2. The molecule has 0 amide bonds. The topological polar surface area (TPSA) is 41.9 Å². The van der Waals surface area contributed by atoms with Gasteiger partial charge in [-0.05, 0) is 49.9 Å². The lowest BCUT2D eigenvalue weighted by atomic mass is 9.77. The van der Waals surface area contributed by atoms with E-state index in [-0.39, 0.29) is 11.8 Å². The number of methoxy groups -OCH3 is 1. The monoisotopic (exact) mass is 360 g/mol. The Morgan fingerprint density at radius 3 is 2.67 bits per heavy atom. The van der Waals surface area contributed by atoms with Crippen LogP contribution in [0.25, 0.3) is 0 Å². The average Bonchev–Trinajstić information content (AvgIpc) is 3.08. The molecule has 1 aliphatic heterocycles. The number of rotatable bonds is 4. The highest BCUT2D eigenvalue weighted by Crippen LogP contribution is 2.45. The first-order valence-corrected chi connectivity index (χ1v) is 9.37. The first kappa shape index (κ1) is 17.5. The molecule has 4 rings (SSSR count). The summed E-state index contributed by atoms with van der Waals surface area (Å²) in [6, 6.07) is 16.8. The van der Waals surface area contributed by atoms with Crippen molar-refractivity contribution in [3.05, 3.63) is 77.0 Å². The summed E-state index contributed by atoms with van der Waals surface area (Å²) in [7, 11) is 1.69. The second-order valence-electron chi connectivity index (χ2n) is 7.25. The van der Waals surface area contributed by atoms with Gasteiger partial charge in [0.1, 0.15) is 5.75 Å². The molecule has 1 aliphatic carbocycles. The predicted molar refractivity (Wildman–Crippen MR) is 107 cm³/mol. The normalized spacial score (nSPS) is 21.4. The lowest BCUT2D eigenvalue weighted by molar-refractivity contribution is -0.112. The summed E-state index contributed by atoms with van der Waals surface area (Å²) in [6.45, 7) is 3.54. The minimum Gasteiger partial charge on any atom is -0.497 e. The van der Waals surface area contributed by atoms with Crippen molar-refractivity contribution in [3.8, 4) is 5.75 Å². The molecule has 2 aromatic carbocycles. The Morgan fingerprint density at radius 2 is 1.96 bits per heavy atom. The number of benzene rings is 2. The highest BCUT2D eigenvalue weighted by Gasteiger charge is 2.42. The van der Waals surface area contributed by atoms with Gasteiger partial charge in [-0.3, -0.25) is 9.80 Å². The van der Waals surface area contributed by atoms with E-state index < -0.39 is 0 Å². The Morgan fingerprint density at radius 1 is 1.19 bits per heavy atom. The van der Waals surface area contributed by atoms with E-state index in [2.05, 4.69) is 36.4 Å². The summed E-state index contributed by atoms with van der Waals surface area (Å²) >= 11 is 0. The van der Waals surface area contributed by atoms with E-state index in [9.17, 15) is 4.79 Å². The summed E-state index contributed by atoms with van der Waals surface area (Å²) in [5.41, 5.74) is 5.68. The quantitative estimate of drug-likeness (QED) is 0.753. The van der Waals surface area contributed by atoms with Crippen LogP contribution in [0.3, 0.4) is 0 Å². The maximum Gasteiger partial charge on any atom is 0.154 e. The van der Waals surface area contributed by atoms with E-state index >= 15 is 0 Å². The van der Waals surface area contributed by atoms with Gasteiger partial charge in [0.2, 0.25) is 0 Å². The van der Waals surface area contributed by atoms with Gasteiger partial charge in [0.25, 0.3) is 0 Å². The maximum atomic E-state index is 11.7. The number of carbonyl (C=O) groups excluding carboxylic acids is 1. The molecular weight excluding hydrogens is 336 g/mol. The van der Waals surface area contributed by atoms with Crippen molar-refractivity contribution in [1.82, 2.24) is 5.01 Å². The van der Waals surface area contributed by atoms with Gasteiger partial charge in [-0.2, -0.15) is 5.10 Å². The third-order valence-electron chi connectivity index (χ3n) is 5.44. The number of fused-ring (bicyclic) bond motifs is 3. The molecule has 2 aromatic rings. The molecule has 0 radical (unpaired) electrons. The summed E-state index contributed by atoms with van der Waals surface area (Å²) < 4.78 is 5.44. The fourth-order valence-electron chi connectivity index (χ4n) is 4.25. The summed E-state index contributed by atoms with van der Waals surface area (Å²) in [4.78, 5) is 11.7. The summed E-state index contributed by atoms with van der Waals surface area (Å²) in [5, 5.41) is 7.04. The van der Waals surface area contributed by atoms with Gasteiger partial charge >= 0.3 is 0 Å². The van der Waals surface area contributed by atoms with Gasteiger partial charge in [-0.15, -0.1) is 0 Å². The standard InChI is InChI=1S/C23H24N2O2/c1-15(13-16(2)26)25-23(18-7-5-4-6-8-18)20-12-10-17-9-11-19(27-3)14-21(17)22(20)24-25/h4-9,11,13-14,20,23H,10,12H2,1-3H3/b15-13+/t20-,23+/m1/s1. The van der Waals surface area contributed by atoms with Gasteiger partial charge in [0, 0.05) is 23.3 Å². The number of hydrazone groups is 1. The second-order valence-corrected chi connectivity index (χ2v) is 7.25. The molecule has 27 heavy (non-hydrogen) atoms. The Balaban J connectivity index is 1.83. The molecule has 0 N–H and O–H groups in total. The molecule has 4 heteroatoms. The van der Waals surface area contributed by atoms with Crippen LogP contribution < -0.4 is 4.74 Å². The van der Waals surface area contributed by atoms with Crippen molar-refractivity contribution < 1.29 is 9.53 Å². The van der Waals surface area contributed by atoms with Crippen molar-refractivity contribution >= 4 is 11.5 Å². The fourth-order valence-corrected chi connectivity index (χ4v) is 4.25. The molecule has 0 unspecified atom stereocenters. The van der Waals surface area contributed by atoms with Gasteiger partial charge in [-0.1, -0.05) is 36.4 Å². The minimum absolute atomic E-state index is 0.0384. The Bertz CT molecular complexity index is 931. The van der Waals surface area contributed by atoms with Crippen molar-refractivity contribution in [1.29, 1.82) is 0 Å². The lowest BCUT2D eigenvalue weighted by Crippen LogP contribution is -2.28. The molecule has 2 aliphatic rings. The van der Waals surface area contributed by atoms with Crippen LogP contribution in [-0.4, -0.2) is 23.6 Å². The van der Waals surface area contributed by atoms with E-state index in [0.717, 1.165) is 30.0 Å². The zero-order valence-corrected chi connectivity index (χ0v) is 16.0. The largest absolute Gasteiger partial charge is 0.497 e. The number of ketones is 1. The number of aryl methyl sites for hydroxylation is 1. The molecule has 1 heterocycles. The van der Waals surface area contributed by atoms with E-state index in [0.29, 0.717) is 5.92 Å². The number of allylic oxidation sites excluding steroid dienone is 2. The average molecular weight is 360 g/mol. The molecule has 0 saturated heterocycles. The van der Waals surface area contributed by atoms with Crippen molar-refractivity contribution in [2.24, 2.45) is 11.0 Å². The van der Waals surface area contributed by atoms with Crippen molar-refractivity contribution in [2.45, 2.75) is 32.7 Å².